The van der Waals surface area contributed by atoms with Gasteiger partial charge in [0.1, 0.15) is 24.1 Å². The minimum absolute atomic E-state index is 0.264. The van der Waals surface area contributed by atoms with Crippen LogP contribution in [0.2, 0.25) is 0 Å². The van der Waals surface area contributed by atoms with E-state index in [4.69, 9.17) is 10.00 Å². The molecule has 0 radical (unpaired) electrons. The van der Waals surface area contributed by atoms with Crippen molar-refractivity contribution in [2.45, 2.75) is 13.5 Å². The summed E-state index contributed by atoms with van der Waals surface area (Å²) in [5.74, 6) is 0.699. The largest absolute Gasteiger partial charge is 0.489 e. The van der Waals surface area contributed by atoms with Gasteiger partial charge in [-0.2, -0.15) is 15.6 Å². The number of nitriles is 1. The van der Waals surface area contributed by atoms with Crippen LogP contribution in [0.1, 0.15) is 17.0 Å². The van der Waals surface area contributed by atoms with Crippen LogP contribution in [0.4, 0.5) is 0 Å². The molecule has 2 heterocycles. The third kappa shape index (κ3) is 2.94. The molecule has 0 aliphatic rings. The quantitative estimate of drug-likeness (QED) is 0.798. The summed E-state index contributed by atoms with van der Waals surface area (Å²) in [6, 6.07) is 13.3. The highest BCUT2D eigenvalue weighted by molar-refractivity contribution is 5.65. The molecule has 0 aliphatic heterocycles. The second-order valence-electron chi connectivity index (χ2n) is 4.76. The van der Waals surface area contributed by atoms with Gasteiger partial charge in [0, 0.05) is 23.0 Å². The van der Waals surface area contributed by atoms with Crippen molar-refractivity contribution < 1.29 is 4.74 Å². The van der Waals surface area contributed by atoms with Crippen molar-refractivity contribution in [2.24, 2.45) is 0 Å². The number of rotatable bonds is 4. The van der Waals surface area contributed by atoms with Crippen LogP contribution >= 0.6 is 0 Å². The molecule has 0 amide bonds. The smallest absolute Gasteiger partial charge is 0.190 e. The van der Waals surface area contributed by atoms with Crippen molar-refractivity contribution in [3.05, 3.63) is 59.5 Å². The Morgan fingerprint density at radius 3 is 2.91 bits per heavy atom. The highest BCUT2D eigenvalue weighted by Gasteiger charge is 2.10. The van der Waals surface area contributed by atoms with Gasteiger partial charge >= 0.3 is 0 Å². The molecule has 0 spiro atoms. The molecule has 0 fully saturated rings. The Morgan fingerprint density at radius 1 is 1.23 bits per heavy atom. The van der Waals surface area contributed by atoms with E-state index in [0.29, 0.717) is 18.1 Å². The number of aromatic amines is 1. The lowest BCUT2D eigenvalue weighted by Crippen LogP contribution is -1.96. The number of nitrogens with one attached hydrogen (secondary N) is 1. The lowest BCUT2D eigenvalue weighted by molar-refractivity contribution is 0.306. The summed E-state index contributed by atoms with van der Waals surface area (Å²) >= 11 is 0. The normalized spacial score (nSPS) is 10.2. The van der Waals surface area contributed by atoms with E-state index in [-0.39, 0.29) is 5.69 Å². The van der Waals surface area contributed by atoms with Gasteiger partial charge in [0.15, 0.2) is 5.69 Å². The van der Waals surface area contributed by atoms with Crippen LogP contribution in [0.5, 0.6) is 5.75 Å². The number of aromatic nitrogens is 4. The molecule has 1 aromatic carbocycles. The van der Waals surface area contributed by atoms with Gasteiger partial charge in [0.05, 0.1) is 0 Å². The summed E-state index contributed by atoms with van der Waals surface area (Å²) in [6.45, 7) is 2.37. The highest BCUT2D eigenvalue weighted by Crippen LogP contribution is 2.24. The van der Waals surface area contributed by atoms with Crippen LogP contribution in [-0.2, 0) is 6.61 Å². The Balaban J connectivity index is 1.77. The summed E-state index contributed by atoms with van der Waals surface area (Å²) in [5.41, 5.74) is 3.53. The monoisotopic (exact) mass is 291 g/mol. The molecule has 6 heteroatoms. The van der Waals surface area contributed by atoms with Gasteiger partial charge in [0.2, 0.25) is 0 Å². The first-order chi connectivity index (χ1) is 10.8. The van der Waals surface area contributed by atoms with E-state index in [1.54, 1.807) is 6.20 Å². The summed E-state index contributed by atoms with van der Waals surface area (Å²) in [4.78, 5) is 4.23. The Hall–Kier alpha value is -3.20. The SMILES string of the molecule is Cc1ccc(COc2cccc(-c3n[nH]nc3C#N)c2)cn1. The van der Waals surface area contributed by atoms with Gasteiger partial charge in [-0.15, -0.1) is 5.10 Å². The molecule has 0 saturated carbocycles. The molecule has 0 atom stereocenters. The van der Waals surface area contributed by atoms with Gasteiger partial charge in [0.25, 0.3) is 0 Å². The molecule has 2 aromatic heterocycles. The van der Waals surface area contributed by atoms with Crippen molar-refractivity contribution in [3.63, 3.8) is 0 Å². The zero-order valence-electron chi connectivity index (χ0n) is 11.9. The molecule has 0 unspecified atom stereocenters. The molecule has 6 nitrogen and oxygen atoms in total. The van der Waals surface area contributed by atoms with Crippen molar-refractivity contribution >= 4 is 0 Å². The Kier molecular flexibility index (Phi) is 3.79. The minimum Gasteiger partial charge on any atom is -0.489 e. The first-order valence-corrected chi connectivity index (χ1v) is 6.72. The second kappa shape index (κ2) is 6.06. The zero-order valence-corrected chi connectivity index (χ0v) is 11.9. The number of benzene rings is 1. The Morgan fingerprint density at radius 2 is 2.14 bits per heavy atom. The van der Waals surface area contributed by atoms with Crippen LogP contribution in [0, 0.1) is 18.3 Å². The van der Waals surface area contributed by atoms with Crippen LogP contribution < -0.4 is 4.74 Å². The van der Waals surface area contributed by atoms with Crippen molar-refractivity contribution in [2.75, 3.05) is 0 Å². The predicted octanol–water partition coefficient (Wildman–Crippen LogP) is 2.63. The van der Waals surface area contributed by atoms with E-state index in [9.17, 15) is 0 Å². The molecule has 22 heavy (non-hydrogen) atoms. The molecular weight excluding hydrogens is 278 g/mol. The molecular formula is C16H13N5O. The molecule has 108 valence electrons. The number of pyridine rings is 1. The average molecular weight is 291 g/mol. The fourth-order valence-electron chi connectivity index (χ4n) is 1.99. The summed E-state index contributed by atoms with van der Waals surface area (Å²) in [5, 5.41) is 19.3. The average Bonchev–Trinajstić information content (AvgIpc) is 3.03. The number of nitrogens with zero attached hydrogens (tertiary/aromatic N) is 4. The predicted molar refractivity (Wildman–Crippen MR) is 79.8 cm³/mol. The van der Waals surface area contributed by atoms with Gasteiger partial charge in [-0.05, 0) is 25.1 Å². The third-order valence-corrected chi connectivity index (χ3v) is 3.14. The van der Waals surface area contributed by atoms with E-state index in [2.05, 4.69) is 20.4 Å². The maximum absolute atomic E-state index is 9.00. The van der Waals surface area contributed by atoms with Gasteiger partial charge in [-0.3, -0.25) is 4.98 Å². The molecule has 3 aromatic rings. The Bertz CT molecular complexity index is 817. The maximum atomic E-state index is 9.00. The molecule has 1 N–H and O–H groups in total. The summed E-state index contributed by atoms with van der Waals surface area (Å²) in [7, 11) is 0. The third-order valence-electron chi connectivity index (χ3n) is 3.14. The maximum Gasteiger partial charge on any atom is 0.190 e. The fraction of sp³-hybridized carbons (Fsp3) is 0.125. The van der Waals surface area contributed by atoms with Gasteiger partial charge < -0.3 is 4.74 Å². The van der Waals surface area contributed by atoms with Crippen LogP contribution in [0.3, 0.4) is 0 Å². The molecule has 0 bridgehead atoms. The Labute approximate surface area is 127 Å². The van der Waals surface area contributed by atoms with E-state index in [0.717, 1.165) is 16.8 Å². The molecule has 3 rings (SSSR count). The summed E-state index contributed by atoms with van der Waals surface area (Å²) < 4.78 is 5.76. The fourth-order valence-corrected chi connectivity index (χ4v) is 1.99. The van der Waals surface area contributed by atoms with Gasteiger partial charge in [-0.1, -0.05) is 18.2 Å². The molecule has 0 saturated heterocycles. The van der Waals surface area contributed by atoms with E-state index < -0.39 is 0 Å². The van der Waals surface area contributed by atoms with Crippen molar-refractivity contribution in [3.8, 4) is 23.1 Å². The number of aryl methyl sites for hydroxylation is 1. The number of H-pyrrole nitrogens is 1. The van der Waals surface area contributed by atoms with Crippen LogP contribution in [0.25, 0.3) is 11.3 Å². The van der Waals surface area contributed by atoms with Gasteiger partial charge in [-0.25, -0.2) is 0 Å². The van der Waals surface area contributed by atoms with Crippen LogP contribution in [-0.4, -0.2) is 20.4 Å². The number of hydrogen-bond acceptors (Lipinski definition) is 5. The minimum atomic E-state index is 0.264. The van der Waals surface area contributed by atoms with E-state index >= 15 is 0 Å². The topological polar surface area (TPSA) is 87.5 Å². The van der Waals surface area contributed by atoms with Crippen LogP contribution in [0.15, 0.2) is 42.6 Å². The highest BCUT2D eigenvalue weighted by atomic mass is 16.5. The lowest BCUT2D eigenvalue weighted by atomic mass is 10.1. The number of hydrogen-bond donors (Lipinski definition) is 1. The van der Waals surface area contributed by atoms with E-state index in [1.807, 2.05) is 49.4 Å². The van der Waals surface area contributed by atoms with Crippen molar-refractivity contribution in [1.29, 1.82) is 5.26 Å². The van der Waals surface area contributed by atoms with E-state index in [1.165, 1.54) is 0 Å². The second-order valence-corrected chi connectivity index (χ2v) is 4.76. The standard InChI is InChI=1S/C16H13N5O/c1-11-5-6-12(9-18-11)10-22-14-4-2-3-13(7-14)16-15(8-17)19-21-20-16/h2-7,9H,10H2,1H3,(H,19,20,21). The lowest BCUT2D eigenvalue weighted by Gasteiger charge is -2.07. The first kappa shape index (κ1) is 13.8. The first-order valence-electron chi connectivity index (χ1n) is 6.72. The zero-order chi connectivity index (χ0) is 15.4. The molecule has 0 aliphatic carbocycles. The number of ether oxygens (including phenoxy) is 1. The van der Waals surface area contributed by atoms with Crippen molar-refractivity contribution in [1.82, 2.24) is 20.4 Å². The summed E-state index contributed by atoms with van der Waals surface area (Å²) in [6.07, 6.45) is 1.80.